The minimum atomic E-state index is -0.457. The molecule has 0 atom stereocenters. The van der Waals surface area contributed by atoms with Crippen LogP contribution < -0.4 is 5.32 Å². The lowest BCUT2D eigenvalue weighted by molar-refractivity contribution is -0.385. The number of amides is 1. The van der Waals surface area contributed by atoms with E-state index in [2.05, 4.69) is 10.3 Å². The molecule has 0 saturated carbocycles. The first-order chi connectivity index (χ1) is 11.9. The summed E-state index contributed by atoms with van der Waals surface area (Å²) in [5, 5.41) is 14.0. The second-order valence-electron chi connectivity index (χ2n) is 6.71. The smallest absolute Gasteiger partial charge is 0.273 e. The van der Waals surface area contributed by atoms with Crippen LogP contribution in [0.25, 0.3) is 0 Å². The van der Waals surface area contributed by atoms with Gasteiger partial charge in [-0.3, -0.25) is 19.9 Å². The van der Waals surface area contributed by atoms with Crippen LogP contribution in [-0.2, 0) is 17.6 Å². The van der Waals surface area contributed by atoms with E-state index in [4.69, 9.17) is 0 Å². The van der Waals surface area contributed by atoms with Crippen LogP contribution in [0.5, 0.6) is 0 Å². The summed E-state index contributed by atoms with van der Waals surface area (Å²) in [5.41, 5.74) is 1.20. The Morgan fingerprint density at radius 3 is 2.68 bits per heavy atom. The maximum atomic E-state index is 12.3. The fraction of sp³-hybridized carbons (Fsp3) is 0.368. The SMILES string of the molecule is CC(C)(CCCc1cccnc1)NC(=O)Cc1ccccc1[N+](=O)[O-]. The molecular formula is C19H23N3O3. The maximum absolute atomic E-state index is 12.3. The molecule has 6 nitrogen and oxygen atoms in total. The van der Waals surface area contributed by atoms with Gasteiger partial charge >= 0.3 is 0 Å². The summed E-state index contributed by atoms with van der Waals surface area (Å²) in [6.07, 6.45) is 6.23. The first kappa shape index (κ1) is 18.6. The number of rotatable bonds is 8. The van der Waals surface area contributed by atoms with Gasteiger partial charge in [0.25, 0.3) is 5.69 Å². The molecule has 25 heavy (non-hydrogen) atoms. The number of nitrogens with one attached hydrogen (secondary N) is 1. The van der Waals surface area contributed by atoms with Gasteiger partial charge < -0.3 is 5.32 Å². The number of nitro benzene ring substituents is 1. The number of nitrogens with zero attached hydrogens (tertiary/aromatic N) is 2. The van der Waals surface area contributed by atoms with Crippen molar-refractivity contribution in [1.82, 2.24) is 10.3 Å². The standard InChI is InChI=1S/C19H23N3O3/c1-19(2,11-5-7-15-8-6-12-20-14-15)21-18(23)13-16-9-3-4-10-17(16)22(24)25/h3-4,6,8-10,12,14H,5,7,11,13H2,1-2H3,(H,21,23). The minimum Gasteiger partial charge on any atom is -0.351 e. The molecule has 0 unspecified atom stereocenters. The molecule has 1 N–H and O–H groups in total. The number of benzene rings is 1. The first-order valence-electron chi connectivity index (χ1n) is 8.29. The van der Waals surface area contributed by atoms with Crippen LogP contribution in [0.3, 0.4) is 0 Å². The molecule has 0 saturated heterocycles. The number of aryl methyl sites for hydroxylation is 1. The average Bonchev–Trinajstić information content (AvgIpc) is 2.55. The summed E-state index contributed by atoms with van der Waals surface area (Å²) in [6.45, 7) is 3.93. The summed E-state index contributed by atoms with van der Waals surface area (Å²) >= 11 is 0. The van der Waals surface area contributed by atoms with E-state index in [0.717, 1.165) is 19.3 Å². The molecule has 2 rings (SSSR count). The number of hydrogen-bond acceptors (Lipinski definition) is 4. The van der Waals surface area contributed by atoms with E-state index in [-0.39, 0.29) is 23.6 Å². The predicted molar refractivity (Wildman–Crippen MR) is 96.2 cm³/mol. The van der Waals surface area contributed by atoms with Gasteiger partial charge in [0.1, 0.15) is 0 Å². The number of aromatic nitrogens is 1. The highest BCUT2D eigenvalue weighted by Crippen LogP contribution is 2.19. The molecule has 0 aliphatic carbocycles. The molecule has 0 fully saturated rings. The molecule has 1 amide bonds. The molecule has 132 valence electrons. The lowest BCUT2D eigenvalue weighted by atomic mass is 9.95. The number of pyridine rings is 1. The summed E-state index contributed by atoms with van der Waals surface area (Å²) < 4.78 is 0. The first-order valence-corrected chi connectivity index (χ1v) is 8.29. The topological polar surface area (TPSA) is 85.1 Å². The number of hydrogen-bond donors (Lipinski definition) is 1. The third-order valence-electron chi connectivity index (χ3n) is 4.01. The highest BCUT2D eigenvalue weighted by molar-refractivity contribution is 5.80. The van der Waals surface area contributed by atoms with Crippen molar-refractivity contribution in [2.24, 2.45) is 0 Å². The van der Waals surface area contributed by atoms with E-state index >= 15 is 0 Å². The Labute approximate surface area is 147 Å². The molecule has 0 aliphatic rings. The molecule has 1 aromatic carbocycles. The van der Waals surface area contributed by atoms with Gasteiger partial charge in [-0.25, -0.2) is 0 Å². The Hall–Kier alpha value is -2.76. The van der Waals surface area contributed by atoms with Crippen LogP contribution in [0.1, 0.15) is 37.8 Å². The van der Waals surface area contributed by atoms with Gasteiger partial charge in [-0.15, -0.1) is 0 Å². The van der Waals surface area contributed by atoms with Crippen LogP contribution in [0, 0.1) is 10.1 Å². The average molecular weight is 341 g/mol. The van der Waals surface area contributed by atoms with Crippen LogP contribution in [0.4, 0.5) is 5.69 Å². The normalized spacial score (nSPS) is 11.1. The van der Waals surface area contributed by atoms with Crippen LogP contribution >= 0.6 is 0 Å². The van der Waals surface area contributed by atoms with Gasteiger partial charge in [0, 0.05) is 29.6 Å². The van der Waals surface area contributed by atoms with Crippen molar-refractivity contribution in [1.29, 1.82) is 0 Å². The zero-order valence-corrected chi connectivity index (χ0v) is 14.6. The van der Waals surface area contributed by atoms with Crippen molar-refractivity contribution in [2.45, 2.75) is 45.1 Å². The third-order valence-corrected chi connectivity index (χ3v) is 4.01. The van der Waals surface area contributed by atoms with Crippen molar-refractivity contribution in [3.05, 3.63) is 70.0 Å². The van der Waals surface area contributed by atoms with E-state index in [0.29, 0.717) is 5.56 Å². The van der Waals surface area contributed by atoms with Crippen molar-refractivity contribution in [2.75, 3.05) is 0 Å². The second-order valence-corrected chi connectivity index (χ2v) is 6.71. The third kappa shape index (κ3) is 5.99. The van der Waals surface area contributed by atoms with Gasteiger partial charge in [-0.05, 0) is 44.7 Å². The molecule has 1 aromatic heterocycles. The molecule has 0 spiro atoms. The van der Waals surface area contributed by atoms with E-state index < -0.39 is 4.92 Å². The molecule has 6 heteroatoms. The van der Waals surface area contributed by atoms with E-state index in [9.17, 15) is 14.9 Å². The monoisotopic (exact) mass is 341 g/mol. The number of carbonyl (C=O) groups excluding carboxylic acids is 1. The fourth-order valence-corrected chi connectivity index (χ4v) is 2.78. The predicted octanol–water partition coefficient (Wildman–Crippen LogP) is 3.45. The minimum absolute atomic E-state index is 0.00316. The van der Waals surface area contributed by atoms with Gasteiger partial charge in [-0.1, -0.05) is 24.3 Å². The maximum Gasteiger partial charge on any atom is 0.273 e. The molecule has 0 aliphatic heterocycles. The Morgan fingerprint density at radius 2 is 2.00 bits per heavy atom. The number of carbonyl (C=O) groups is 1. The highest BCUT2D eigenvalue weighted by atomic mass is 16.6. The van der Waals surface area contributed by atoms with Gasteiger partial charge in [0.05, 0.1) is 11.3 Å². The van der Waals surface area contributed by atoms with Crippen molar-refractivity contribution >= 4 is 11.6 Å². The van der Waals surface area contributed by atoms with Crippen molar-refractivity contribution in [3.63, 3.8) is 0 Å². The molecular weight excluding hydrogens is 318 g/mol. The molecule has 0 bridgehead atoms. The molecule has 0 radical (unpaired) electrons. The van der Waals surface area contributed by atoms with Crippen molar-refractivity contribution < 1.29 is 9.72 Å². The summed E-state index contributed by atoms with van der Waals surface area (Å²) in [7, 11) is 0. The number of nitro groups is 1. The van der Waals surface area contributed by atoms with Gasteiger partial charge in [-0.2, -0.15) is 0 Å². The Bertz CT molecular complexity index is 730. The number of para-hydroxylation sites is 1. The van der Waals surface area contributed by atoms with Crippen LogP contribution in [0.15, 0.2) is 48.8 Å². The summed E-state index contributed by atoms with van der Waals surface area (Å²) in [5.74, 6) is -0.208. The quantitative estimate of drug-likeness (QED) is 0.588. The van der Waals surface area contributed by atoms with E-state index in [1.165, 1.54) is 11.6 Å². The zero-order valence-electron chi connectivity index (χ0n) is 14.6. The van der Waals surface area contributed by atoms with E-state index in [1.807, 2.05) is 32.2 Å². The molecule has 1 heterocycles. The van der Waals surface area contributed by atoms with Crippen LogP contribution in [0.2, 0.25) is 0 Å². The van der Waals surface area contributed by atoms with Crippen LogP contribution in [-0.4, -0.2) is 21.4 Å². The highest BCUT2D eigenvalue weighted by Gasteiger charge is 2.22. The lowest BCUT2D eigenvalue weighted by Gasteiger charge is -2.26. The van der Waals surface area contributed by atoms with Gasteiger partial charge in [0.2, 0.25) is 5.91 Å². The van der Waals surface area contributed by atoms with E-state index in [1.54, 1.807) is 24.4 Å². The lowest BCUT2D eigenvalue weighted by Crippen LogP contribution is -2.44. The van der Waals surface area contributed by atoms with Crippen molar-refractivity contribution in [3.8, 4) is 0 Å². The van der Waals surface area contributed by atoms with Gasteiger partial charge in [0.15, 0.2) is 0 Å². The zero-order chi connectivity index (χ0) is 18.3. The summed E-state index contributed by atoms with van der Waals surface area (Å²) in [4.78, 5) is 27.0. The Kier molecular flexibility index (Phi) is 6.22. The Morgan fingerprint density at radius 1 is 1.24 bits per heavy atom. The molecule has 2 aromatic rings. The largest absolute Gasteiger partial charge is 0.351 e. The second kappa shape index (κ2) is 8.37. The Balaban J connectivity index is 1.87. The fourth-order valence-electron chi connectivity index (χ4n) is 2.78. The summed E-state index contributed by atoms with van der Waals surface area (Å²) in [6, 6.07) is 10.3.